The smallest absolute Gasteiger partial charge is 0.161 e. The normalized spacial score (nSPS) is 11.3. The Morgan fingerprint density at radius 3 is 2.31 bits per heavy atom. The lowest BCUT2D eigenvalue weighted by molar-refractivity contribution is 0.0950. The van der Waals surface area contributed by atoms with Gasteiger partial charge in [0.1, 0.15) is 10.8 Å². The minimum absolute atomic E-state index is 0.171. The highest BCUT2D eigenvalue weighted by Crippen LogP contribution is 2.37. The van der Waals surface area contributed by atoms with Crippen LogP contribution in [0.4, 0.5) is 0 Å². The number of rotatable bonds is 3. The lowest BCUT2D eigenvalue weighted by Crippen LogP contribution is -2.17. The average Bonchev–Trinajstić information content (AvgIpc) is 2.20. The minimum atomic E-state index is -0.985. The van der Waals surface area contributed by atoms with Gasteiger partial charge in [-0.25, -0.2) is 0 Å². The van der Waals surface area contributed by atoms with Crippen LogP contribution in [0.1, 0.15) is 24.2 Å². The van der Waals surface area contributed by atoms with Gasteiger partial charge < -0.3 is 4.74 Å². The monoisotopic (exact) mass is 256 g/mol. The molecule has 1 aromatic carbocycles. The van der Waals surface area contributed by atoms with E-state index in [2.05, 4.69) is 0 Å². The zero-order valence-electron chi connectivity index (χ0n) is 9.30. The molecule has 2 nitrogen and oxygen atoms in total. The molecule has 16 heavy (non-hydrogen) atoms. The lowest BCUT2D eigenvalue weighted by Gasteiger charge is -2.18. The van der Waals surface area contributed by atoms with Gasteiger partial charge in [0.15, 0.2) is 5.78 Å². The predicted octanol–water partition coefficient (Wildman–Crippen LogP) is 3.55. The van der Waals surface area contributed by atoms with E-state index in [9.17, 15) is 4.79 Å². The van der Waals surface area contributed by atoms with E-state index in [4.69, 9.17) is 35.8 Å². The van der Waals surface area contributed by atoms with Crippen LogP contribution >= 0.6 is 23.2 Å². The van der Waals surface area contributed by atoms with E-state index < -0.39 is 5.31 Å². The van der Waals surface area contributed by atoms with E-state index in [0.29, 0.717) is 11.3 Å². The SMILES string of the molecule is [B]C(C)(C)C(=O)c1ccc(OC)c(Cl)c1Cl. The maximum absolute atomic E-state index is 11.9. The summed E-state index contributed by atoms with van der Waals surface area (Å²) < 4.78 is 4.99. The summed E-state index contributed by atoms with van der Waals surface area (Å²) in [5.41, 5.74) is 0.306. The van der Waals surface area contributed by atoms with E-state index in [0.717, 1.165) is 0 Å². The molecule has 0 heterocycles. The first-order valence-corrected chi connectivity index (χ1v) is 5.40. The first-order valence-electron chi connectivity index (χ1n) is 4.64. The number of carbonyl (C=O) groups excluding carboxylic acids is 1. The fourth-order valence-electron chi connectivity index (χ4n) is 1.21. The molecule has 0 N–H and O–H groups in total. The van der Waals surface area contributed by atoms with Crippen molar-refractivity contribution in [3.05, 3.63) is 27.7 Å². The van der Waals surface area contributed by atoms with E-state index in [1.165, 1.54) is 7.11 Å². The summed E-state index contributed by atoms with van der Waals surface area (Å²) in [6.45, 7) is 3.23. The molecule has 0 atom stereocenters. The van der Waals surface area contributed by atoms with E-state index >= 15 is 0 Å². The molecule has 0 spiro atoms. The van der Waals surface area contributed by atoms with Gasteiger partial charge in [0, 0.05) is 5.56 Å². The number of halogens is 2. The number of Topliss-reactive ketones (excluding diaryl/α,β-unsaturated/α-hetero) is 1. The van der Waals surface area contributed by atoms with Crippen molar-refractivity contribution in [1.29, 1.82) is 0 Å². The number of benzene rings is 1. The van der Waals surface area contributed by atoms with E-state index in [1.54, 1.807) is 26.0 Å². The summed E-state index contributed by atoms with van der Waals surface area (Å²) in [7, 11) is 7.20. The summed E-state index contributed by atoms with van der Waals surface area (Å²) >= 11 is 11.9. The van der Waals surface area contributed by atoms with Crippen molar-refractivity contribution in [1.82, 2.24) is 0 Å². The molecular weight excluding hydrogens is 246 g/mol. The van der Waals surface area contributed by atoms with Gasteiger partial charge in [-0.1, -0.05) is 37.0 Å². The van der Waals surface area contributed by atoms with Crippen LogP contribution in [0.15, 0.2) is 12.1 Å². The van der Waals surface area contributed by atoms with Gasteiger partial charge in [-0.15, -0.1) is 0 Å². The molecule has 0 aliphatic rings. The molecule has 0 amide bonds. The molecule has 1 aromatic rings. The second-order valence-corrected chi connectivity index (χ2v) is 4.75. The highest BCUT2D eigenvalue weighted by atomic mass is 35.5. The minimum Gasteiger partial charge on any atom is -0.495 e. The first kappa shape index (κ1) is 13.4. The quantitative estimate of drug-likeness (QED) is 0.611. The zero-order valence-corrected chi connectivity index (χ0v) is 10.8. The van der Waals surface area contributed by atoms with Gasteiger partial charge in [0.25, 0.3) is 0 Å². The van der Waals surface area contributed by atoms with Crippen LogP contribution in [-0.4, -0.2) is 20.7 Å². The molecule has 0 unspecified atom stereocenters. The van der Waals surface area contributed by atoms with Crippen LogP contribution < -0.4 is 4.74 Å². The van der Waals surface area contributed by atoms with E-state index in [-0.39, 0.29) is 15.8 Å². The second-order valence-electron chi connectivity index (χ2n) is 3.99. The number of carbonyl (C=O) groups is 1. The Morgan fingerprint density at radius 2 is 1.88 bits per heavy atom. The Bertz CT molecular complexity index is 425. The maximum Gasteiger partial charge on any atom is 0.161 e. The number of hydrogen-bond donors (Lipinski definition) is 0. The van der Waals surface area contributed by atoms with Crippen molar-refractivity contribution in [2.45, 2.75) is 19.2 Å². The molecule has 0 saturated carbocycles. The molecule has 5 heteroatoms. The molecule has 0 aromatic heterocycles. The molecule has 1 rings (SSSR count). The number of hydrogen-bond acceptors (Lipinski definition) is 2. The van der Waals surface area contributed by atoms with Gasteiger partial charge in [-0.05, 0) is 17.4 Å². The van der Waals surface area contributed by atoms with Gasteiger partial charge >= 0.3 is 0 Å². The summed E-state index contributed by atoms with van der Waals surface area (Å²) in [6.07, 6.45) is 0. The lowest BCUT2D eigenvalue weighted by atomic mass is 9.67. The Balaban J connectivity index is 3.28. The molecular formula is C11H11BCl2O2. The highest BCUT2D eigenvalue weighted by molar-refractivity contribution is 6.46. The van der Waals surface area contributed by atoms with Gasteiger partial charge in [-0.2, -0.15) is 0 Å². The third-order valence-corrected chi connectivity index (χ3v) is 2.96. The summed E-state index contributed by atoms with van der Waals surface area (Å²) in [5, 5.41) is -0.592. The fraction of sp³-hybridized carbons (Fsp3) is 0.364. The van der Waals surface area contributed by atoms with Crippen LogP contribution in [0, 0.1) is 0 Å². The molecule has 84 valence electrons. The standard InChI is InChI=1S/C11H11BCl2O2/c1-11(2,12)10(15)6-4-5-7(16-3)9(14)8(6)13/h4-5H,1-3H3. The molecule has 0 aliphatic carbocycles. The molecule has 0 fully saturated rings. The topological polar surface area (TPSA) is 26.3 Å². The Labute approximate surface area is 106 Å². The van der Waals surface area contributed by atoms with Gasteiger partial charge in [0.05, 0.1) is 20.0 Å². The van der Waals surface area contributed by atoms with Crippen molar-refractivity contribution >= 4 is 36.8 Å². The van der Waals surface area contributed by atoms with Crippen LogP contribution in [-0.2, 0) is 0 Å². The van der Waals surface area contributed by atoms with Crippen LogP contribution in [0.2, 0.25) is 15.4 Å². The predicted molar refractivity (Wildman–Crippen MR) is 67.1 cm³/mol. The molecule has 0 saturated heterocycles. The molecule has 2 radical (unpaired) electrons. The van der Waals surface area contributed by atoms with Crippen molar-refractivity contribution in [2.75, 3.05) is 7.11 Å². The Hall–Kier alpha value is -0.665. The third-order valence-electron chi connectivity index (χ3n) is 2.10. The van der Waals surface area contributed by atoms with Crippen LogP contribution in [0.5, 0.6) is 5.75 Å². The highest BCUT2D eigenvalue weighted by Gasteiger charge is 2.26. The van der Waals surface area contributed by atoms with Crippen LogP contribution in [0.25, 0.3) is 0 Å². The average molecular weight is 257 g/mol. The number of ether oxygens (including phenoxy) is 1. The number of methoxy groups -OCH3 is 1. The van der Waals surface area contributed by atoms with Gasteiger partial charge in [0.2, 0.25) is 0 Å². The summed E-state index contributed by atoms with van der Waals surface area (Å²) in [4.78, 5) is 11.9. The maximum atomic E-state index is 11.9. The van der Waals surface area contributed by atoms with Crippen molar-refractivity contribution < 1.29 is 9.53 Å². The largest absolute Gasteiger partial charge is 0.495 e. The zero-order chi connectivity index (χ0) is 12.5. The van der Waals surface area contributed by atoms with Crippen LogP contribution in [0.3, 0.4) is 0 Å². The summed E-state index contributed by atoms with van der Waals surface area (Å²) in [6, 6.07) is 3.15. The van der Waals surface area contributed by atoms with Crippen molar-refractivity contribution in [3.63, 3.8) is 0 Å². The summed E-state index contributed by atoms with van der Waals surface area (Å²) in [5.74, 6) is 0.167. The second kappa shape index (κ2) is 4.68. The Morgan fingerprint density at radius 1 is 1.31 bits per heavy atom. The fourth-order valence-corrected chi connectivity index (χ4v) is 1.70. The Kier molecular flexibility index (Phi) is 3.92. The van der Waals surface area contributed by atoms with Crippen molar-refractivity contribution in [3.8, 4) is 5.75 Å². The first-order chi connectivity index (χ1) is 7.29. The molecule has 0 aliphatic heterocycles. The molecule has 0 bridgehead atoms. The third kappa shape index (κ3) is 2.53. The number of ketones is 1. The van der Waals surface area contributed by atoms with Gasteiger partial charge in [-0.3, -0.25) is 4.79 Å². The van der Waals surface area contributed by atoms with Crippen molar-refractivity contribution in [2.24, 2.45) is 0 Å². The van der Waals surface area contributed by atoms with E-state index in [1.807, 2.05) is 0 Å².